The van der Waals surface area contributed by atoms with E-state index in [9.17, 15) is 0 Å². The van der Waals surface area contributed by atoms with Crippen LogP contribution in [0.4, 0.5) is 11.5 Å². The molecule has 0 unspecified atom stereocenters. The van der Waals surface area contributed by atoms with Crippen LogP contribution in [-0.2, 0) is 0 Å². The summed E-state index contributed by atoms with van der Waals surface area (Å²) in [5.41, 5.74) is 8.45. The number of nitrogens with two attached hydrogens (primary N) is 1. The standard InChI is InChI=1S/C17H28N4/c1-13(12-17(2,3)4)20-14-7-10-21(11-8-14)15-6-5-9-19-16(15)18/h5-6,9,14,20H,1,7-8,10-12H2,2-4H3,(H2,18,19). The molecule has 4 nitrogen and oxygen atoms in total. The number of rotatable bonds is 4. The van der Waals surface area contributed by atoms with Crippen molar-refractivity contribution >= 4 is 11.5 Å². The van der Waals surface area contributed by atoms with Gasteiger partial charge in [0.05, 0.1) is 5.69 Å². The molecule has 0 radical (unpaired) electrons. The average Bonchev–Trinajstić information content (AvgIpc) is 2.38. The minimum absolute atomic E-state index is 0.287. The highest BCUT2D eigenvalue weighted by atomic mass is 15.2. The largest absolute Gasteiger partial charge is 0.386 e. The van der Waals surface area contributed by atoms with E-state index in [1.165, 1.54) is 0 Å². The minimum Gasteiger partial charge on any atom is -0.386 e. The molecule has 0 aromatic carbocycles. The van der Waals surface area contributed by atoms with Crippen molar-refractivity contribution in [3.05, 3.63) is 30.6 Å². The van der Waals surface area contributed by atoms with Crippen LogP contribution in [0.1, 0.15) is 40.0 Å². The highest BCUT2D eigenvalue weighted by Gasteiger charge is 2.22. The Morgan fingerprint density at radius 2 is 2.10 bits per heavy atom. The van der Waals surface area contributed by atoms with Crippen molar-refractivity contribution in [2.45, 2.75) is 46.1 Å². The van der Waals surface area contributed by atoms with Gasteiger partial charge in [0.25, 0.3) is 0 Å². The van der Waals surface area contributed by atoms with Crippen LogP contribution in [0.15, 0.2) is 30.6 Å². The van der Waals surface area contributed by atoms with Gasteiger partial charge in [-0.05, 0) is 36.8 Å². The number of nitrogens with zero attached hydrogens (tertiary/aromatic N) is 2. The molecule has 1 aliphatic rings. The first-order chi connectivity index (χ1) is 9.85. The first-order valence-electron chi connectivity index (χ1n) is 7.75. The number of pyridine rings is 1. The van der Waals surface area contributed by atoms with Crippen molar-refractivity contribution in [3.63, 3.8) is 0 Å². The first kappa shape index (κ1) is 15.7. The number of hydrogen-bond acceptors (Lipinski definition) is 4. The lowest BCUT2D eigenvalue weighted by Crippen LogP contribution is -2.42. The van der Waals surface area contributed by atoms with Gasteiger partial charge in [0, 0.05) is 31.0 Å². The maximum atomic E-state index is 5.95. The fourth-order valence-electron chi connectivity index (χ4n) is 2.92. The Bertz CT molecular complexity index is 482. The SMILES string of the molecule is C=C(CC(C)(C)C)NC1CCN(c2cccnc2N)CC1. The van der Waals surface area contributed by atoms with Crippen molar-refractivity contribution in [1.82, 2.24) is 10.3 Å². The van der Waals surface area contributed by atoms with Gasteiger partial charge in [0.15, 0.2) is 0 Å². The van der Waals surface area contributed by atoms with E-state index in [-0.39, 0.29) is 5.41 Å². The maximum Gasteiger partial charge on any atom is 0.146 e. The topological polar surface area (TPSA) is 54.2 Å². The van der Waals surface area contributed by atoms with Crippen molar-refractivity contribution in [3.8, 4) is 0 Å². The lowest BCUT2D eigenvalue weighted by Gasteiger charge is -2.35. The summed E-state index contributed by atoms with van der Waals surface area (Å²) < 4.78 is 0. The molecule has 3 N–H and O–H groups in total. The number of allylic oxidation sites excluding steroid dienone is 1. The Morgan fingerprint density at radius 1 is 1.43 bits per heavy atom. The van der Waals surface area contributed by atoms with E-state index < -0.39 is 0 Å². The van der Waals surface area contributed by atoms with Crippen LogP contribution in [0, 0.1) is 5.41 Å². The van der Waals surface area contributed by atoms with E-state index >= 15 is 0 Å². The minimum atomic E-state index is 0.287. The Hall–Kier alpha value is -1.71. The average molecular weight is 288 g/mol. The van der Waals surface area contributed by atoms with E-state index in [0.717, 1.165) is 43.7 Å². The zero-order valence-corrected chi connectivity index (χ0v) is 13.5. The number of hydrogen-bond donors (Lipinski definition) is 2. The van der Waals surface area contributed by atoms with Crippen LogP contribution in [0.3, 0.4) is 0 Å². The molecule has 0 amide bonds. The van der Waals surface area contributed by atoms with Crippen LogP contribution in [0.25, 0.3) is 0 Å². The number of aromatic nitrogens is 1. The zero-order valence-electron chi connectivity index (χ0n) is 13.5. The molecule has 2 heterocycles. The van der Waals surface area contributed by atoms with E-state index in [4.69, 9.17) is 5.73 Å². The van der Waals surface area contributed by atoms with Crippen LogP contribution in [0.5, 0.6) is 0 Å². The highest BCUT2D eigenvalue weighted by Crippen LogP contribution is 2.26. The normalized spacial score (nSPS) is 16.8. The van der Waals surface area contributed by atoms with Gasteiger partial charge < -0.3 is 16.0 Å². The second-order valence-corrected chi connectivity index (χ2v) is 7.15. The second kappa shape index (κ2) is 6.37. The summed E-state index contributed by atoms with van der Waals surface area (Å²) in [6.07, 6.45) is 4.97. The molecule has 1 saturated heterocycles. The van der Waals surface area contributed by atoms with Gasteiger partial charge in [0.2, 0.25) is 0 Å². The third-order valence-electron chi connectivity index (χ3n) is 3.80. The molecule has 0 atom stereocenters. The number of nitrogens with one attached hydrogen (secondary N) is 1. The molecular weight excluding hydrogens is 260 g/mol. The molecular formula is C17H28N4. The fourth-order valence-corrected chi connectivity index (χ4v) is 2.92. The van der Waals surface area contributed by atoms with Crippen molar-refractivity contribution in [2.24, 2.45) is 5.41 Å². The highest BCUT2D eigenvalue weighted by molar-refractivity contribution is 5.63. The lowest BCUT2D eigenvalue weighted by atomic mass is 9.90. The summed E-state index contributed by atoms with van der Waals surface area (Å²) in [6.45, 7) is 12.9. The Labute approximate surface area is 128 Å². The van der Waals surface area contributed by atoms with Crippen LogP contribution in [-0.4, -0.2) is 24.1 Å². The Morgan fingerprint density at radius 3 is 2.67 bits per heavy atom. The summed E-state index contributed by atoms with van der Waals surface area (Å²) in [5, 5.41) is 3.59. The Kier molecular flexibility index (Phi) is 4.76. The summed E-state index contributed by atoms with van der Waals surface area (Å²) >= 11 is 0. The summed E-state index contributed by atoms with van der Waals surface area (Å²) in [7, 11) is 0. The molecule has 1 aromatic rings. The van der Waals surface area contributed by atoms with Gasteiger partial charge in [-0.2, -0.15) is 0 Å². The van der Waals surface area contributed by atoms with Crippen molar-refractivity contribution in [1.29, 1.82) is 0 Å². The maximum absolute atomic E-state index is 5.95. The van der Waals surface area contributed by atoms with Gasteiger partial charge in [-0.25, -0.2) is 4.98 Å². The molecule has 4 heteroatoms. The zero-order chi connectivity index (χ0) is 15.5. The summed E-state index contributed by atoms with van der Waals surface area (Å²) in [6, 6.07) is 4.52. The van der Waals surface area contributed by atoms with E-state index in [1.54, 1.807) is 6.20 Å². The molecule has 0 aliphatic carbocycles. The molecule has 0 spiro atoms. The number of nitrogen functional groups attached to an aromatic ring is 1. The molecule has 21 heavy (non-hydrogen) atoms. The predicted octanol–water partition coefficient (Wildman–Crippen LogP) is 3.17. The molecule has 0 bridgehead atoms. The van der Waals surface area contributed by atoms with Crippen molar-refractivity contribution < 1.29 is 0 Å². The number of anilines is 2. The first-order valence-corrected chi connectivity index (χ1v) is 7.75. The predicted molar refractivity (Wildman–Crippen MR) is 90.2 cm³/mol. The van der Waals surface area contributed by atoms with E-state index in [2.05, 4.69) is 48.6 Å². The van der Waals surface area contributed by atoms with E-state index in [0.29, 0.717) is 11.9 Å². The lowest BCUT2D eigenvalue weighted by molar-refractivity contribution is 0.374. The van der Waals surface area contributed by atoms with Crippen LogP contribution in [0.2, 0.25) is 0 Å². The van der Waals surface area contributed by atoms with Crippen LogP contribution < -0.4 is 16.0 Å². The molecule has 2 rings (SSSR count). The summed E-state index contributed by atoms with van der Waals surface area (Å²) in [5.74, 6) is 0.626. The molecule has 0 saturated carbocycles. The van der Waals surface area contributed by atoms with Gasteiger partial charge >= 0.3 is 0 Å². The van der Waals surface area contributed by atoms with Gasteiger partial charge in [-0.15, -0.1) is 0 Å². The Balaban J connectivity index is 1.84. The summed E-state index contributed by atoms with van der Waals surface area (Å²) in [4.78, 5) is 6.49. The molecule has 116 valence electrons. The van der Waals surface area contributed by atoms with Crippen LogP contribution >= 0.6 is 0 Å². The van der Waals surface area contributed by atoms with Gasteiger partial charge in [-0.1, -0.05) is 27.4 Å². The quantitative estimate of drug-likeness (QED) is 0.893. The number of piperidine rings is 1. The second-order valence-electron chi connectivity index (χ2n) is 7.15. The van der Waals surface area contributed by atoms with Gasteiger partial charge in [-0.3, -0.25) is 0 Å². The fraction of sp³-hybridized carbons (Fsp3) is 0.588. The molecule has 1 aromatic heterocycles. The monoisotopic (exact) mass is 288 g/mol. The smallest absolute Gasteiger partial charge is 0.146 e. The van der Waals surface area contributed by atoms with Gasteiger partial charge in [0.1, 0.15) is 5.82 Å². The van der Waals surface area contributed by atoms with Crippen molar-refractivity contribution in [2.75, 3.05) is 23.7 Å². The van der Waals surface area contributed by atoms with E-state index in [1.807, 2.05) is 6.07 Å². The third-order valence-corrected chi connectivity index (χ3v) is 3.80. The molecule has 1 fully saturated rings. The molecule has 1 aliphatic heterocycles. The third kappa shape index (κ3) is 4.66.